The molecule has 0 N–H and O–H groups in total. The van der Waals surface area contributed by atoms with Gasteiger partial charge in [0.1, 0.15) is 0 Å². The predicted octanol–water partition coefficient (Wildman–Crippen LogP) is 2.37. The second kappa shape index (κ2) is 4.10. The Balaban J connectivity index is 3.77. The summed E-state index contributed by atoms with van der Waals surface area (Å²) in [6.45, 7) is 8.27. The van der Waals surface area contributed by atoms with Crippen LogP contribution in [-0.2, 0) is 0 Å². The van der Waals surface area contributed by atoms with Gasteiger partial charge in [-0.05, 0) is 5.92 Å². The largest absolute Gasteiger partial charge is 0.331 e. The third-order valence-corrected chi connectivity index (χ3v) is 2.45. The molecule has 0 fully saturated rings. The molecule has 0 spiro atoms. The standard InChI is InChI=1S/C10H24N/c1-7-9(2)10(3)8-11(4,5)6/h9-10H,7-8H2,1-6H3/q+1. The minimum atomic E-state index is 0.847. The highest BCUT2D eigenvalue weighted by molar-refractivity contribution is 4.58. The van der Waals surface area contributed by atoms with Crippen molar-refractivity contribution in [2.45, 2.75) is 27.2 Å². The molecule has 0 saturated heterocycles. The Morgan fingerprint density at radius 1 is 1.00 bits per heavy atom. The molecule has 1 heteroatoms. The van der Waals surface area contributed by atoms with E-state index < -0.39 is 0 Å². The Kier molecular flexibility index (Phi) is 4.09. The van der Waals surface area contributed by atoms with Crippen molar-refractivity contribution in [1.82, 2.24) is 0 Å². The van der Waals surface area contributed by atoms with E-state index in [0.717, 1.165) is 16.3 Å². The molecule has 0 amide bonds. The second-order valence-electron chi connectivity index (χ2n) is 4.84. The van der Waals surface area contributed by atoms with Crippen LogP contribution in [0.5, 0.6) is 0 Å². The zero-order valence-electron chi connectivity index (χ0n) is 9.02. The maximum absolute atomic E-state index is 2.36. The summed E-state index contributed by atoms with van der Waals surface area (Å²) in [4.78, 5) is 0. The van der Waals surface area contributed by atoms with Crippen LogP contribution >= 0.6 is 0 Å². The van der Waals surface area contributed by atoms with Gasteiger partial charge in [0.05, 0.1) is 27.7 Å². The molecule has 1 nitrogen and oxygen atoms in total. The van der Waals surface area contributed by atoms with Crippen molar-refractivity contribution in [3.8, 4) is 0 Å². The monoisotopic (exact) mass is 158 g/mol. The van der Waals surface area contributed by atoms with Crippen molar-refractivity contribution >= 4 is 0 Å². The molecule has 11 heavy (non-hydrogen) atoms. The van der Waals surface area contributed by atoms with E-state index in [4.69, 9.17) is 0 Å². The molecule has 2 unspecified atom stereocenters. The average Bonchev–Trinajstić information content (AvgIpc) is 1.82. The molecular formula is C10H24N+. The highest BCUT2D eigenvalue weighted by atomic mass is 15.3. The van der Waals surface area contributed by atoms with Crippen molar-refractivity contribution < 1.29 is 4.48 Å². The lowest BCUT2D eigenvalue weighted by Gasteiger charge is -2.30. The van der Waals surface area contributed by atoms with Gasteiger partial charge in [0.2, 0.25) is 0 Å². The number of rotatable bonds is 4. The predicted molar refractivity (Wildman–Crippen MR) is 51.5 cm³/mol. The smallest absolute Gasteiger partial charge is 0.0808 e. The van der Waals surface area contributed by atoms with E-state index in [0.29, 0.717) is 0 Å². The number of hydrogen-bond donors (Lipinski definition) is 0. The third kappa shape index (κ3) is 5.25. The Bertz CT molecular complexity index is 102. The quantitative estimate of drug-likeness (QED) is 0.551. The lowest BCUT2D eigenvalue weighted by Crippen LogP contribution is -2.39. The number of hydrogen-bond acceptors (Lipinski definition) is 0. The molecule has 68 valence electrons. The minimum absolute atomic E-state index is 0.847. The summed E-state index contributed by atoms with van der Waals surface area (Å²) in [5.74, 6) is 1.72. The summed E-state index contributed by atoms with van der Waals surface area (Å²) < 4.78 is 1.09. The first-order chi connectivity index (χ1) is 4.87. The van der Waals surface area contributed by atoms with Gasteiger partial charge in [-0.2, -0.15) is 0 Å². The fourth-order valence-corrected chi connectivity index (χ4v) is 1.45. The summed E-state index contributed by atoms with van der Waals surface area (Å²) in [6.07, 6.45) is 1.31. The summed E-state index contributed by atoms with van der Waals surface area (Å²) in [5.41, 5.74) is 0. The molecule has 0 aromatic carbocycles. The molecule has 0 aromatic rings. The van der Waals surface area contributed by atoms with Gasteiger partial charge >= 0.3 is 0 Å². The van der Waals surface area contributed by atoms with Crippen LogP contribution in [-0.4, -0.2) is 32.2 Å². The van der Waals surface area contributed by atoms with Crippen LogP contribution in [0.15, 0.2) is 0 Å². The number of nitrogens with zero attached hydrogens (tertiary/aromatic N) is 1. The molecule has 2 atom stereocenters. The van der Waals surface area contributed by atoms with Gasteiger partial charge in [-0.25, -0.2) is 0 Å². The average molecular weight is 158 g/mol. The third-order valence-electron chi connectivity index (χ3n) is 2.45. The lowest BCUT2D eigenvalue weighted by molar-refractivity contribution is -0.874. The van der Waals surface area contributed by atoms with Gasteiger partial charge in [0.15, 0.2) is 0 Å². The van der Waals surface area contributed by atoms with E-state index in [1.54, 1.807) is 0 Å². The Morgan fingerprint density at radius 3 is 1.73 bits per heavy atom. The first kappa shape index (κ1) is 11.0. The van der Waals surface area contributed by atoms with Crippen molar-refractivity contribution in [3.05, 3.63) is 0 Å². The Morgan fingerprint density at radius 2 is 1.45 bits per heavy atom. The SMILES string of the molecule is CCC(C)C(C)C[N+](C)(C)C. The van der Waals surface area contributed by atoms with Crippen LogP contribution in [0.3, 0.4) is 0 Å². The topological polar surface area (TPSA) is 0 Å². The molecule has 0 aliphatic carbocycles. The van der Waals surface area contributed by atoms with Crippen LogP contribution < -0.4 is 0 Å². The number of quaternary nitrogens is 1. The molecule has 0 heterocycles. The Hall–Kier alpha value is -0.0400. The van der Waals surface area contributed by atoms with Crippen molar-refractivity contribution in [2.75, 3.05) is 27.7 Å². The zero-order valence-corrected chi connectivity index (χ0v) is 9.02. The summed E-state index contributed by atoms with van der Waals surface area (Å²) >= 11 is 0. The van der Waals surface area contributed by atoms with E-state index in [2.05, 4.69) is 41.9 Å². The fourth-order valence-electron chi connectivity index (χ4n) is 1.45. The molecule has 0 bridgehead atoms. The van der Waals surface area contributed by atoms with Gasteiger partial charge in [-0.15, -0.1) is 0 Å². The summed E-state index contributed by atoms with van der Waals surface area (Å²) in [6, 6.07) is 0. The van der Waals surface area contributed by atoms with Crippen LogP contribution in [0.4, 0.5) is 0 Å². The molecular weight excluding hydrogens is 134 g/mol. The van der Waals surface area contributed by atoms with Crippen molar-refractivity contribution in [1.29, 1.82) is 0 Å². The normalized spacial score (nSPS) is 18.0. The van der Waals surface area contributed by atoms with E-state index in [9.17, 15) is 0 Å². The highest BCUT2D eigenvalue weighted by Crippen LogP contribution is 2.16. The van der Waals surface area contributed by atoms with Crippen LogP contribution in [0.2, 0.25) is 0 Å². The first-order valence-corrected chi connectivity index (χ1v) is 4.67. The molecule has 0 rings (SSSR count). The van der Waals surface area contributed by atoms with Gasteiger partial charge in [0.25, 0.3) is 0 Å². The van der Waals surface area contributed by atoms with Crippen LogP contribution in [0.1, 0.15) is 27.2 Å². The molecule has 0 aromatic heterocycles. The zero-order chi connectivity index (χ0) is 9.07. The highest BCUT2D eigenvalue weighted by Gasteiger charge is 2.17. The maximum atomic E-state index is 2.36. The molecule has 0 radical (unpaired) electrons. The van der Waals surface area contributed by atoms with E-state index >= 15 is 0 Å². The fraction of sp³-hybridized carbons (Fsp3) is 1.00. The van der Waals surface area contributed by atoms with E-state index in [1.165, 1.54) is 13.0 Å². The van der Waals surface area contributed by atoms with Crippen molar-refractivity contribution in [2.24, 2.45) is 11.8 Å². The van der Waals surface area contributed by atoms with Gasteiger partial charge in [-0.3, -0.25) is 0 Å². The molecule has 0 saturated carbocycles. The summed E-state index contributed by atoms with van der Waals surface area (Å²) in [5, 5.41) is 0. The Labute approximate surface area is 72.0 Å². The summed E-state index contributed by atoms with van der Waals surface area (Å²) in [7, 11) is 6.79. The van der Waals surface area contributed by atoms with Crippen LogP contribution in [0.25, 0.3) is 0 Å². The van der Waals surface area contributed by atoms with Gasteiger partial charge in [0, 0.05) is 5.92 Å². The van der Waals surface area contributed by atoms with Crippen molar-refractivity contribution in [3.63, 3.8) is 0 Å². The maximum Gasteiger partial charge on any atom is 0.0808 e. The molecule has 0 aliphatic rings. The minimum Gasteiger partial charge on any atom is -0.331 e. The van der Waals surface area contributed by atoms with E-state index in [1.807, 2.05) is 0 Å². The van der Waals surface area contributed by atoms with Crippen LogP contribution in [0, 0.1) is 11.8 Å². The van der Waals surface area contributed by atoms with Gasteiger partial charge < -0.3 is 4.48 Å². The lowest BCUT2D eigenvalue weighted by atomic mass is 9.93. The second-order valence-corrected chi connectivity index (χ2v) is 4.84. The van der Waals surface area contributed by atoms with Gasteiger partial charge in [-0.1, -0.05) is 27.2 Å². The first-order valence-electron chi connectivity index (χ1n) is 4.67. The van der Waals surface area contributed by atoms with E-state index in [-0.39, 0.29) is 0 Å². The molecule has 0 aliphatic heterocycles.